The average molecular weight is 509 g/mol. The third-order valence-electron chi connectivity index (χ3n) is 6.99. The highest BCUT2D eigenvalue weighted by Crippen LogP contribution is 2.28. The molecule has 2 amide bonds. The number of nitrogens with one attached hydrogen (secondary N) is 1. The first-order chi connectivity index (χ1) is 17.2. The van der Waals surface area contributed by atoms with Crippen molar-refractivity contribution in [1.29, 1.82) is 0 Å². The Morgan fingerprint density at radius 3 is 2.33 bits per heavy atom. The van der Waals surface area contributed by atoms with E-state index in [-0.39, 0.29) is 23.8 Å². The van der Waals surface area contributed by atoms with Crippen molar-refractivity contribution in [2.75, 3.05) is 44.2 Å². The predicted octanol–water partition coefficient (Wildman–Crippen LogP) is 4.16. The summed E-state index contributed by atoms with van der Waals surface area (Å²) < 4.78 is 51.3. The van der Waals surface area contributed by atoms with Gasteiger partial charge in [0.2, 0.25) is 5.95 Å². The number of carbonyl (C=O) groups is 1. The molecule has 1 N–H and O–H groups in total. The number of halogens is 4. The van der Waals surface area contributed by atoms with Crippen LogP contribution in [0.15, 0.2) is 36.7 Å². The Kier molecular flexibility index (Phi) is 8.28. The van der Waals surface area contributed by atoms with Gasteiger partial charge in [0.05, 0.1) is 5.56 Å². The highest BCUT2D eigenvalue weighted by molar-refractivity contribution is 5.74. The van der Waals surface area contributed by atoms with Gasteiger partial charge < -0.3 is 15.1 Å². The van der Waals surface area contributed by atoms with Crippen LogP contribution in [0.5, 0.6) is 0 Å². The number of nitrogens with zero attached hydrogens (tertiary/aromatic N) is 5. The summed E-state index contributed by atoms with van der Waals surface area (Å²) in [6.07, 6.45) is 0.171. The number of alkyl halides is 3. The summed E-state index contributed by atoms with van der Waals surface area (Å²) in [7, 11) is 0. The lowest BCUT2D eigenvalue weighted by Gasteiger charge is -2.39. The molecule has 0 radical (unpaired) electrons. The van der Waals surface area contributed by atoms with Crippen LogP contribution >= 0.6 is 0 Å². The van der Waals surface area contributed by atoms with Crippen LogP contribution in [0, 0.1) is 11.7 Å². The maximum Gasteiger partial charge on any atom is 0.419 e. The summed E-state index contributed by atoms with van der Waals surface area (Å²) in [6, 6.07) is 6.40. The van der Waals surface area contributed by atoms with Crippen LogP contribution < -0.4 is 10.2 Å². The van der Waals surface area contributed by atoms with E-state index in [0.29, 0.717) is 32.1 Å². The number of rotatable bonds is 6. The Morgan fingerprint density at radius 1 is 1.06 bits per heavy atom. The van der Waals surface area contributed by atoms with Crippen molar-refractivity contribution in [3.8, 4) is 0 Å². The minimum absolute atomic E-state index is 0.121. The Morgan fingerprint density at radius 2 is 1.72 bits per heavy atom. The molecular weight excluding hydrogens is 476 g/mol. The van der Waals surface area contributed by atoms with Crippen molar-refractivity contribution >= 4 is 12.0 Å². The molecule has 3 heterocycles. The number of anilines is 1. The van der Waals surface area contributed by atoms with Crippen molar-refractivity contribution < 1.29 is 22.4 Å². The lowest BCUT2D eigenvalue weighted by molar-refractivity contribution is -0.138. The second-order valence-electron chi connectivity index (χ2n) is 9.62. The molecule has 0 saturated carbocycles. The van der Waals surface area contributed by atoms with E-state index in [1.54, 1.807) is 9.80 Å². The maximum atomic E-state index is 13.1. The van der Waals surface area contributed by atoms with E-state index in [1.807, 2.05) is 19.1 Å². The zero-order chi connectivity index (χ0) is 25.7. The minimum atomic E-state index is -4.47. The number of hydrogen-bond donors (Lipinski definition) is 1. The number of amides is 2. The maximum absolute atomic E-state index is 13.1. The first-order valence-corrected chi connectivity index (χ1v) is 12.3. The molecule has 36 heavy (non-hydrogen) atoms. The van der Waals surface area contributed by atoms with Crippen molar-refractivity contribution in [2.24, 2.45) is 5.92 Å². The van der Waals surface area contributed by atoms with Gasteiger partial charge in [0.1, 0.15) is 5.82 Å². The summed E-state index contributed by atoms with van der Waals surface area (Å²) in [4.78, 5) is 26.4. The van der Waals surface area contributed by atoms with Gasteiger partial charge in [-0.3, -0.25) is 4.90 Å². The second kappa shape index (κ2) is 11.4. The molecule has 2 aliphatic heterocycles. The van der Waals surface area contributed by atoms with Gasteiger partial charge in [-0.05, 0) is 62.9 Å². The molecule has 1 atom stereocenters. The quantitative estimate of drug-likeness (QED) is 0.594. The standard InChI is InChI=1S/C25H32F4N6O/c1-18-16-34(23-31-14-21(15-32-23)25(27,28)29)12-13-35(18)24(36)30-9-6-19-7-10-33(11-8-19)17-20-2-4-22(26)5-3-20/h2-5,14-15,18-19H,6-13,16-17H2,1H3,(H,30,36)/t18-/m1/s1. The minimum Gasteiger partial charge on any atom is -0.338 e. The molecule has 2 fully saturated rings. The van der Waals surface area contributed by atoms with E-state index >= 15 is 0 Å². The van der Waals surface area contributed by atoms with Crippen molar-refractivity contribution in [3.05, 3.63) is 53.6 Å². The molecule has 0 unspecified atom stereocenters. The van der Waals surface area contributed by atoms with Gasteiger partial charge >= 0.3 is 12.2 Å². The summed E-state index contributed by atoms with van der Waals surface area (Å²) in [5.74, 6) is 0.575. The zero-order valence-electron chi connectivity index (χ0n) is 20.3. The van der Waals surface area contributed by atoms with Gasteiger partial charge in [-0.25, -0.2) is 19.2 Å². The van der Waals surface area contributed by atoms with Crippen LogP contribution in [-0.2, 0) is 12.7 Å². The number of urea groups is 1. The summed E-state index contributed by atoms with van der Waals surface area (Å²) in [5.41, 5.74) is 0.233. The molecule has 4 rings (SSSR count). The third kappa shape index (κ3) is 6.83. The number of benzene rings is 1. The van der Waals surface area contributed by atoms with Crippen LogP contribution in [0.2, 0.25) is 0 Å². The van der Waals surface area contributed by atoms with Gasteiger partial charge in [0.15, 0.2) is 0 Å². The molecule has 11 heteroatoms. The second-order valence-corrected chi connectivity index (χ2v) is 9.62. The van der Waals surface area contributed by atoms with Crippen LogP contribution in [0.1, 0.15) is 37.3 Å². The predicted molar refractivity (Wildman–Crippen MR) is 128 cm³/mol. The number of carbonyl (C=O) groups excluding carboxylic acids is 1. The number of piperidine rings is 1. The normalized spacial score (nSPS) is 20.0. The molecule has 196 valence electrons. The number of hydrogen-bond acceptors (Lipinski definition) is 5. The lowest BCUT2D eigenvalue weighted by atomic mass is 9.93. The monoisotopic (exact) mass is 508 g/mol. The molecule has 1 aromatic carbocycles. The topological polar surface area (TPSA) is 64.6 Å². The van der Waals surface area contributed by atoms with Crippen LogP contribution in [0.3, 0.4) is 0 Å². The molecular formula is C25H32F4N6O. The van der Waals surface area contributed by atoms with Crippen molar-refractivity contribution in [1.82, 2.24) is 25.1 Å². The van der Waals surface area contributed by atoms with Gasteiger partial charge in [-0.15, -0.1) is 0 Å². The first-order valence-electron chi connectivity index (χ1n) is 12.3. The van der Waals surface area contributed by atoms with Crippen molar-refractivity contribution in [2.45, 2.75) is 44.9 Å². The summed E-state index contributed by atoms with van der Waals surface area (Å²) >= 11 is 0. The fraction of sp³-hybridized carbons (Fsp3) is 0.560. The van der Waals surface area contributed by atoms with Gasteiger partial charge in [0.25, 0.3) is 0 Å². The van der Waals surface area contributed by atoms with Crippen LogP contribution in [0.4, 0.5) is 28.3 Å². The fourth-order valence-electron chi connectivity index (χ4n) is 4.84. The Balaban J connectivity index is 1.15. The average Bonchev–Trinajstić information content (AvgIpc) is 2.86. The molecule has 0 bridgehead atoms. The van der Waals surface area contributed by atoms with Gasteiger partial charge in [-0.2, -0.15) is 13.2 Å². The number of likely N-dealkylation sites (tertiary alicyclic amines) is 1. The molecule has 7 nitrogen and oxygen atoms in total. The SMILES string of the molecule is C[C@@H]1CN(c2ncc(C(F)(F)F)cn2)CCN1C(=O)NCCC1CCN(Cc2ccc(F)cc2)CC1. The number of aromatic nitrogens is 2. The van der Waals surface area contributed by atoms with Crippen LogP contribution in [0.25, 0.3) is 0 Å². The Bertz CT molecular complexity index is 993. The van der Waals surface area contributed by atoms with Crippen LogP contribution in [-0.4, -0.2) is 71.1 Å². The number of piperazine rings is 1. The van der Waals surface area contributed by atoms with Crippen molar-refractivity contribution in [3.63, 3.8) is 0 Å². The smallest absolute Gasteiger partial charge is 0.338 e. The summed E-state index contributed by atoms with van der Waals surface area (Å²) in [5, 5.41) is 3.03. The molecule has 1 aromatic heterocycles. The molecule has 0 spiro atoms. The largest absolute Gasteiger partial charge is 0.419 e. The van der Waals surface area contributed by atoms with E-state index in [4.69, 9.17) is 0 Å². The Hall–Kier alpha value is -2.95. The Labute approximate surface area is 208 Å². The molecule has 2 aliphatic rings. The third-order valence-corrected chi connectivity index (χ3v) is 6.99. The highest BCUT2D eigenvalue weighted by Gasteiger charge is 2.33. The fourth-order valence-corrected chi connectivity index (χ4v) is 4.84. The highest BCUT2D eigenvalue weighted by atomic mass is 19.4. The van der Waals surface area contributed by atoms with E-state index in [1.165, 1.54) is 12.1 Å². The first kappa shape index (κ1) is 26.1. The van der Waals surface area contributed by atoms with E-state index < -0.39 is 11.7 Å². The van der Waals surface area contributed by atoms with E-state index in [9.17, 15) is 22.4 Å². The lowest BCUT2D eigenvalue weighted by Crippen LogP contribution is -2.57. The molecule has 2 aromatic rings. The van der Waals surface area contributed by atoms with Gasteiger partial charge in [0, 0.05) is 51.2 Å². The zero-order valence-corrected chi connectivity index (χ0v) is 20.3. The van der Waals surface area contributed by atoms with E-state index in [0.717, 1.165) is 56.9 Å². The van der Waals surface area contributed by atoms with E-state index in [2.05, 4.69) is 20.2 Å². The van der Waals surface area contributed by atoms with Gasteiger partial charge in [-0.1, -0.05) is 12.1 Å². The molecule has 2 saturated heterocycles. The molecule has 0 aliphatic carbocycles. The summed E-state index contributed by atoms with van der Waals surface area (Å²) in [6.45, 7) is 6.66.